The van der Waals surface area contributed by atoms with Gasteiger partial charge in [-0.05, 0) is 23.1 Å². The predicted molar refractivity (Wildman–Crippen MR) is 148 cm³/mol. The Hall–Kier alpha value is -4.53. The number of hydrogen-bond donors (Lipinski definition) is 1. The Morgan fingerprint density at radius 3 is 1.79 bits per heavy atom. The minimum absolute atomic E-state index is 0.0315. The number of Topliss-reactive ketones (excluding diaryl/α,β-unsaturated/α-hetero) is 1. The number of ketones is 1. The van der Waals surface area contributed by atoms with Gasteiger partial charge in [-0.15, -0.1) is 0 Å². The maximum Gasteiger partial charge on any atom is 0.327 e. The zero-order valence-corrected chi connectivity index (χ0v) is 21.6. The Labute approximate surface area is 228 Å². The number of nitrogens with zero attached hydrogens (tertiary/aromatic N) is 1. The van der Waals surface area contributed by atoms with Crippen molar-refractivity contribution in [1.29, 1.82) is 5.26 Å². The second-order valence-electron chi connectivity index (χ2n) is 10.0. The summed E-state index contributed by atoms with van der Waals surface area (Å²) in [5, 5.41) is 23.8. The van der Waals surface area contributed by atoms with Crippen LogP contribution < -0.4 is 0 Å². The van der Waals surface area contributed by atoms with Gasteiger partial charge in [0.05, 0.1) is 19.1 Å². The van der Waals surface area contributed by atoms with E-state index in [4.69, 9.17) is 4.74 Å². The van der Waals surface area contributed by atoms with E-state index >= 15 is 0 Å². The summed E-state index contributed by atoms with van der Waals surface area (Å²) in [6.07, 6.45) is -0.0315. The third-order valence-corrected chi connectivity index (χ3v) is 8.09. The normalized spacial score (nSPS) is 26.2. The lowest BCUT2D eigenvalue weighted by Gasteiger charge is -2.54. The van der Waals surface area contributed by atoms with E-state index in [1.165, 1.54) is 7.11 Å². The van der Waals surface area contributed by atoms with E-state index in [2.05, 4.69) is 6.07 Å². The Bertz CT molecular complexity index is 1480. The molecule has 0 unspecified atom stereocenters. The molecule has 1 aliphatic rings. The first kappa shape index (κ1) is 26.1. The molecule has 0 bridgehead atoms. The molecule has 0 spiro atoms. The van der Waals surface area contributed by atoms with Crippen LogP contribution in [0.5, 0.6) is 0 Å². The van der Waals surface area contributed by atoms with Crippen LogP contribution in [0.1, 0.15) is 45.3 Å². The fourth-order valence-corrected chi connectivity index (χ4v) is 6.34. The molecule has 194 valence electrons. The number of rotatable bonds is 6. The molecule has 5 rings (SSSR count). The van der Waals surface area contributed by atoms with E-state index < -0.39 is 34.7 Å². The van der Waals surface area contributed by atoms with Crippen LogP contribution >= 0.6 is 0 Å². The maximum atomic E-state index is 14.5. The molecule has 39 heavy (non-hydrogen) atoms. The number of carbonyl (C=O) groups is 2. The quantitative estimate of drug-likeness (QED) is 0.250. The highest BCUT2D eigenvalue weighted by Gasteiger charge is 2.67. The molecule has 1 N–H and O–H groups in total. The smallest absolute Gasteiger partial charge is 0.327 e. The van der Waals surface area contributed by atoms with Crippen LogP contribution in [0.3, 0.4) is 0 Å². The van der Waals surface area contributed by atoms with Crippen molar-refractivity contribution in [2.75, 3.05) is 7.11 Å². The molecule has 1 saturated carbocycles. The molecular formula is C34H29NO4. The molecule has 5 nitrogen and oxygen atoms in total. The largest absolute Gasteiger partial charge is 0.468 e. The average molecular weight is 516 g/mol. The SMILES string of the molecule is COC(=O)[C@]1(C#N)[C@@H](c2ccccc2)C[C@](O)(c2ccccc2)[C@H](C(=O)c2ccccc2)[C@@H]1c1ccccc1. The molecule has 0 radical (unpaired) electrons. The van der Waals surface area contributed by atoms with Gasteiger partial charge in [-0.1, -0.05) is 121 Å². The van der Waals surface area contributed by atoms with Crippen molar-refractivity contribution in [2.24, 2.45) is 11.3 Å². The first-order valence-electron chi connectivity index (χ1n) is 12.9. The summed E-state index contributed by atoms with van der Waals surface area (Å²) in [4.78, 5) is 28.4. The fraction of sp³-hybridized carbons (Fsp3) is 0.206. The van der Waals surface area contributed by atoms with Crippen molar-refractivity contribution in [3.63, 3.8) is 0 Å². The van der Waals surface area contributed by atoms with E-state index in [1.54, 1.807) is 36.4 Å². The topological polar surface area (TPSA) is 87.4 Å². The second-order valence-corrected chi connectivity index (χ2v) is 10.0. The summed E-state index contributed by atoms with van der Waals surface area (Å²) in [7, 11) is 1.26. The number of esters is 1. The summed E-state index contributed by atoms with van der Waals surface area (Å²) in [6, 6.07) is 38.5. The van der Waals surface area contributed by atoms with E-state index in [1.807, 2.05) is 84.9 Å². The van der Waals surface area contributed by atoms with Crippen molar-refractivity contribution in [2.45, 2.75) is 23.9 Å². The van der Waals surface area contributed by atoms with Gasteiger partial charge < -0.3 is 9.84 Å². The highest BCUT2D eigenvalue weighted by molar-refractivity contribution is 6.00. The second kappa shape index (κ2) is 10.7. The number of aliphatic hydroxyl groups is 1. The average Bonchev–Trinajstić information content (AvgIpc) is 3.01. The summed E-state index contributed by atoms with van der Waals surface area (Å²) < 4.78 is 5.34. The Morgan fingerprint density at radius 1 is 0.795 bits per heavy atom. The van der Waals surface area contributed by atoms with Gasteiger partial charge in [0, 0.05) is 17.4 Å². The molecule has 1 aliphatic carbocycles. The minimum Gasteiger partial charge on any atom is -0.468 e. The highest BCUT2D eigenvalue weighted by Crippen LogP contribution is 2.63. The first-order chi connectivity index (χ1) is 19.0. The Kier molecular flexibility index (Phi) is 7.15. The van der Waals surface area contributed by atoms with Gasteiger partial charge in [0.1, 0.15) is 5.60 Å². The number of benzene rings is 4. The Morgan fingerprint density at radius 2 is 1.28 bits per heavy atom. The van der Waals surface area contributed by atoms with Crippen molar-refractivity contribution < 1.29 is 19.4 Å². The minimum atomic E-state index is -1.80. The molecular weight excluding hydrogens is 486 g/mol. The molecule has 0 aromatic heterocycles. The van der Waals surface area contributed by atoms with E-state index in [9.17, 15) is 20.0 Å². The highest BCUT2D eigenvalue weighted by atomic mass is 16.5. The molecule has 0 saturated heterocycles. The number of hydrogen-bond acceptors (Lipinski definition) is 5. The molecule has 5 atom stereocenters. The molecule has 5 heteroatoms. The number of ether oxygens (including phenoxy) is 1. The van der Waals surface area contributed by atoms with E-state index in [0.717, 1.165) is 0 Å². The van der Waals surface area contributed by atoms with Crippen LogP contribution in [0.25, 0.3) is 0 Å². The van der Waals surface area contributed by atoms with Crippen LogP contribution in [0.15, 0.2) is 121 Å². The first-order valence-corrected chi connectivity index (χ1v) is 12.9. The van der Waals surface area contributed by atoms with Gasteiger partial charge in [0.25, 0.3) is 0 Å². The van der Waals surface area contributed by atoms with Crippen LogP contribution in [-0.2, 0) is 15.1 Å². The Balaban J connectivity index is 1.88. The van der Waals surface area contributed by atoms with Crippen LogP contribution in [0.2, 0.25) is 0 Å². The molecule has 0 aliphatic heterocycles. The lowest BCUT2D eigenvalue weighted by Crippen LogP contribution is -2.58. The van der Waals surface area contributed by atoms with Crippen molar-refractivity contribution in [3.8, 4) is 6.07 Å². The lowest BCUT2D eigenvalue weighted by molar-refractivity contribution is -0.162. The maximum absolute atomic E-state index is 14.5. The van der Waals surface area contributed by atoms with Crippen molar-refractivity contribution in [3.05, 3.63) is 144 Å². The monoisotopic (exact) mass is 515 g/mol. The van der Waals surface area contributed by atoms with Crippen molar-refractivity contribution >= 4 is 11.8 Å². The van der Waals surface area contributed by atoms with Crippen LogP contribution in [-0.4, -0.2) is 24.0 Å². The zero-order valence-electron chi connectivity index (χ0n) is 21.6. The summed E-state index contributed by atoms with van der Waals surface area (Å²) >= 11 is 0. The lowest BCUT2D eigenvalue weighted by atomic mass is 9.47. The molecule has 0 heterocycles. The summed E-state index contributed by atoms with van der Waals surface area (Å²) in [6.45, 7) is 0. The van der Waals surface area contributed by atoms with Gasteiger partial charge in [-0.25, -0.2) is 0 Å². The third-order valence-electron chi connectivity index (χ3n) is 8.09. The zero-order chi connectivity index (χ0) is 27.5. The van der Waals surface area contributed by atoms with E-state index in [0.29, 0.717) is 22.3 Å². The summed E-state index contributed by atoms with van der Waals surface area (Å²) in [5.74, 6) is -4.03. The van der Waals surface area contributed by atoms with E-state index in [-0.39, 0.29) is 12.2 Å². The molecule has 4 aromatic rings. The molecule has 4 aromatic carbocycles. The van der Waals surface area contributed by atoms with Crippen LogP contribution in [0, 0.1) is 22.7 Å². The van der Waals surface area contributed by atoms with Crippen molar-refractivity contribution in [1.82, 2.24) is 0 Å². The molecule has 1 fully saturated rings. The number of carbonyl (C=O) groups excluding carboxylic acids is 2. The number of methoxy groups -OCH3 is 1. The number of nitriles is 1. The molecule has 0 amide bonds. The van der Waals surface area contributed by atoms with Gasteiger partial charge in [-0.3, -0.25) is 9.59 Å². The fourth-order valence-electron chi connectivity index (χ4n) is 6.34. The van der Waals surface area contributed by atoms with Gasteiger partial charge in [0.15, 0.2) is 11.2 Å². The van der Waals surface area contributed by atoms with Gasteiger partial charge >= 0.3 is 5.97 Å². The standard InChI is InChI=1S/C34H29NO4/c1-39-32(37)33(23-35)28(24-14-6-2-7-15-24)22-34(38,27-20-12-5-13-21-27)30(29(33)25-16-8-3-9-17-25)31(36)26-18-10-4-11-19-26/h2-21,28-30,38H,22H2,1H3/t28-,29+,30+,33-,34+/m1/s1. The predicted octanol–water partition coefficient (Wildman–Crippen LogP) is 6.03. The third kappa shape index (κ3) is 4.33. The summed E-state index contributed by atoms with van der Waals surface area (Å²) in [5.41, 5.74) is -1.23. The van der Waals surface area contributed by atoms with Gasteiger partial charge in [0.2, 0.25) is 0 Å². The van der Waals surface area contributed by atoms with Gasteiger partial charge in [-0.2, -0.15) is 5.26 Å². The van der Waals surface area contributed by atoms with Crippen LogP contribution in [0.4, 0.5) is 0 Å².